The summed E-state index contributed by atoms with van der Waals surface area (Å²) < 4.78 is 26.4. The van der Waals surface area contributed by atoms with Gasteiger partial charge in [0.25, 0.3) is 5.91 Å². The predicted octanol–water partition coefficient (Wildman–Crippen LogP) is 3.99. The Bertz CT molecular complexity index is 1070. The number of anilines is 1. The molecule has 0 spiro atoms. The number of nitrogens with one attached hydrogen (secondary N) is 1. The maximum atomic E-state index is 12.7. The minimum atomic E-state index is -3.06. The molecular formula is C18H16BrN3O3S2. The normalized spacial score (nSPS) is 18.5. The highest BCUT2D eigenvalue weighted by Crippen LogP contribution is 2.32. The summed E-state index contributed by atoms with van der Waals surface area (Å²) in [5, 5.41) is 9.24. The molecule has 1 aliphatic rings. The van der Waals surface area contributed by atoms with E-state index < -0.39 is 9.84 Å². The maximum Gasteiger partial charge on any atom is 0.276 e. The number of amides is 1. The topological polar surface area (TPSA) is 81.1 Å². The lowest BCUT2D eigenvalue weighted by Crippen LogP contribution is -2.16. The van der Waals surface area contributed by atoms with Gasteiger partial charge in [0.05, 0.1) is 28.1 Å². The van der Waals surface area contributed by atoms with Crippen molar-refractivity contribution in [3.05, 3.63) is 58.0 Å². The third kappa shape index (κ3) is 3.99. The van der Waals surface area contributed by atoms with E-state index in [0.29, 0.717) is 12.1 Å². The first-order valence-electron chi connectivity index (χ1n) is 8.32. The van der Waals surface area contributed by atoms with Crippen molar-refractivity contribution in [3.8, 4) is 10.6 Å². The standard InChI is InChI=1S/C18H16BrN3O3S2/c19-12-3-5-13(6-4-12)20-18(23)15-10-16(17-2-1-8-26-17)22(21-15)14-7-9-27(24,25)11-14/h1-6,8,10,14H,7,9,11H2,(H,20,23). The number of thiophene rings is 1. The number of benzene rings is 1. The van der Waals surface area contributed by atoms with Crippen LogP contribution in [-0.2, 0) is 9.84 Å². The van der Waals surface area contributed by atoms with Crippen molar-refractivity contribution in [1.29, 1.82) is 0 Å². The molecular weight excluding hydrogens is 450 g/mol. The van der Waals surface area contributed by atoms with E-state index in [4.69, 9.17) is 0 Å². The van der Waals surface area contributed by atoms with Crippen molar-refractivity contribution in [2.24, 2.45) is 0 Å². The molecule has 0 bridgehead atoms. The van der Waals surface area contributed by atoms with Crippen LogP contribution >= 0.6 is 27.3 Å². The van der Waals surface area contributed by atoms with Gasteiger partial charge in [0, 0.05) is 10.2 Å². The zero-order valence-corrected chi connectivity index (χ0v) is 17.4. The Hall–Kier alpha value is -1.97. The van der Waals surface area contributed by atoms with Gasteiger partial charge in [-0.15, -0.1) is 11.3 Å². The van der Waals surface area contributed by atoms with Crippen molar-refractivity contribution in [2.45, 2.75) is 12.5 Å². The first-order chi connectivity index (χ1) is 12.9. The lowest BCUT2D eigenvalue weighted by atomic mass is 10.2. The molecule has 2 aromatic heterocycles. The highest BCUT2D eigenvalue weighted by atomic mass is 79.9. The number of halogens is 1. The predicted molar refractivity (Wildman–Crippen MR) is 110 cm³/mol. The first-order valence-corrected chi connectivity index (χ1v) is 11.8. The molecule has 1 saturated heterocycles. The fourth-order valence-corrected chi connectivity index (χ4v) is 5.78. The van der Waals surface area contributed by atoms with Crippen LogP contribution in [-0.4, -0.2) is 35.6 Å². The van der Waals surface area contributed by atoms with E-state index in [1.807, 2.05) is 29.6 Å². The van der Waals surface area contributed by atoms with E-state index >= 15 is 0 Å². The zero-order chi connectivity index (χ0) is 19.0. The average molecular weight is 466 g/mol. The van der Waals surface area contributed by atoms with Crippen LogP contribution in [0.15, 0.2) is 52.3 Å². The molecule has 1 fully saturated rings. The lowest BCUT2D eigenvalue weighted by Gasteiger charge is -2.12. The summed E-state index contributed by atoms with van der Waals surface area (Å²) in [5.74, 6) is -0.113. The molecule has 3 heterocycles. The Morgan fingerprint density at radius 3 is 2.67 bits per heavy atom. The molecule has 1 N–H and O–H groups in total. The SMILES string of the molecule is O=C(Nc1ccc(Br)cc1)c1cc(-c2cccs2)n(C2CCS(=O)(=O)C2)n1. The molecule has 3 aromatic rings. The molecule has 9 heteroatoms. The first kappa shape index (κ1) is 18.4. The molecule has 6 nitrogen and oxygen atoms in total. The molecule has 1 aromatic carbocycles. The van der Waals surface area contributed by atoms with Gasteiger partial charge in [0.2, 0.25) is 0 Å². The summed E-state index contributed by atoms with van der Waals surface area (Å²) >= 11 is 4.89. The Morgan fingerprint density at radius 2 is 2.04 bits per heavy atom. The summed E-state index contributed by atoms with van der Waals surface area (Å²) in [6.45, 7) is 0. The molecule has 1 atom stereocenters. The van der Waals surface area contributed by atoms with Gasteiger partial charge in [-0.3, -0.25) is 9.48 Å². The fourth-order valence-electron chi connectivity index (χ4n) is 3.09. The van der Waals surface area contributed by atoms with Gasteiger partial charge in [-0.05, 0) is 48.2 Å². The molecule has 0 saturated carbocycles. The zero-order valence-electron chi connectivity index (χ0n) is 14.1. The third-order valence-corrected chi connectivity index (χ3v) is 7.57. The number of aromatic nitrogens is 2. The molecule has 4 rings (SSSR count). The van der Waals surface area contributed by atoms with Gasteiger partial charge in [-0.2, -0.15) is 5.10 Å². The van der Waals surface area contributed by atoms with Gasteiger partial charge in [0.1, 0.15) is 0 Å². The molecule has 1 aliphatic heterocycles. The summed E-state index contributed by atoms with van der Waals surface area (Å²) in [4.78, 5) is 13.6. The van der Waals surface area contributed by atoms with E-state index in [2.05, 4.69) is 26.3 Å². The van der Waals surface area contributed by atoms with Crippen LogP contribution in [0.2, 0.25) is 0 Å². The summed E-state index contributed by atoms with van der Waals surface area (Å²) in [7, 11) is -3.06. The van der Waals surface area contributed by atoms with Gasteiger partial charge < -0.3 is 5.32 Å². The summed E-state index contributed by atoms with van der Waals surface area (Å²) in [6.07, 6.45) is 0.510. The molecule has 1 unspecified atom stereocenters. The number of hydrogen-bond donors (Lipinski definition) is 1. The van der Waals surface area contributed by atoms with E-state index in [1.165, 1.54) is 11.3 Å². The van der Waals surface area contributed by atoms with Crippen molar-refractivity contribution in [3.63, 3.8) is 0 Å². The van der Waals surface area contributed by atoms with E-state index in [1.54, 1.807) is 22.9 Å². The number of rotatable bonds is 4. The minimum absolute atomic E-state index is 0.0564. The van der Waals surface area contributed by atoms with Crippen LogP contribution < -0.4 is 5.32 Å². The maximum absolute atomic E-state index is 12.7. The largest absolute Gasteiger partial charge is 0.321 e. The second kappa shape index (κ2) is 7.21. The van der Waals surface area contributed by atoms with E-state index in [9.17, 15) is 13.2 Å². The van der Waals surface area contributed by atoms with Crippen LogP contribution in [0.4, 0.5) is 5.69 Å². The summed E-state index contributed by atoms with van der Waals surface area (Å²) in [5.41, 5.74) is 1.71. The molecule has 1 amide bonds. The molecule has 0 aliphatic carbocycles. The Kier molecular flexibility index (Phi) is 4.92. The number of carbonyl (C=O) groups is 1. The highest BCUT2D eigenvalue weighted by molar-refractivity contribution is 9.10. The van der Waals surface area contributed by atoms with Gasteiger partial charge in [-0.25, -0.2) is 8.42 Å². The Morgan fingerprint density at radius 1 is 1.26 bits per heavy atom. The van der Waals surface area contributed by atoms with Crippen LogP contribution in [0.1, 0.15) is 23.0 Å². The van der Waals surface area contributed by atoms with Gasteiger partial charge in [0.15, 0.2) is 15.5 Å². The molecule has 140 valence electrons. The monoisotopic (exact) mass is 465 g/mol. The number of sulfone groups is 1. The Labute approximate surface area is 169 Å². The van der Waals surface area contributed by atoms with Crippen molar-refractivity contribution < 1.29 is 13.2 Å². The van der Waals surface area contributed by atoms with Crippen molar-refractivity contribution >= 4 is 48.7 Å². The average Bonchev–Trinajstić information content (AvgIpc) is 3.35. The van der Waals surface area contributed by atoms with Crippen LogP contribution in [0.3, 0.4) is 0 Å². The highest BCUT2D eigenvalue weighted by Gasteiger charge is 2.32. The van der Waals surface area contributed by atoms with E-state index in [0.717, 1.165) is 15.0 Å². The fraction of sp³-hybridized carbons (Fsp3) is 0.222. The van der Waals surface area contributed by atoms with Crippen molar-refractivity contribution in [2.75, 3.05) is 16.8 Å². The third-order valence-electron chi connectivity index (χ3n) is 4.40. The second-order valence-corrected chi connectivity index (χ2v) is 10.4. The van der Waals surface area contributed by atoms with Crippen LogP contribution in [0, 0.1) is 0 Å². The second-order valence-electron chi connectivity index (χ2n) is 6.35. The van der Waals surface area contributed by atoms with Crippen LogP contribution in [0.25, 0.3) is 10.6 Å². The van der Waals surface area contributed by atoms with Crippen molar-refractivity contribution in [1.82, 2.24) is 9.78 Å². The van der Waals surface area contributed by atoms with Crippen LogP contribution in [0.5, 0.6) is 0 Å². The smallest absolute Gasteiger partial charge is 0.276 e. The quantitative estimate of drug-likeness (QED) is 0.631. The van der Waals surface area contributed by atoms with Gasteiger partial charge in [-0.1, -0.05) is 22.0 Å². The van der Waals surface area contributed by atoms with E-state index in [-0.39, 0.29) is 29.1 Å². The lowest BCUT2D eigenvalue weighted by molar-refractivity contribution is 0.102. The number of carbonyl (C=O) groups excluding carboxylic acids is 1. The molecule has 0 radical (unpaired) electrons. The summed E-state index contributed by atoms with van der Waals surface area (Å²) in [6, 6.07) is 12.6. The Balaban J connectivity index is 1.66. The number of nitrogens with zero attached hydrogens (tertiary/aromatic N) is 2. The number of hydrogen-bond acceptors (Lipinski definition) is 5. The van der Waals surface area contributed by atoms with Gasteiger partial charge >= 0.3 is 0 Å². The minimum Gasteiger partial charge on any atom is -0.321 e. The molecule has 27 heavy (non-hydrogen) atoms.